The Kier molecular flexibility index (Phi) is 12.8. The fourth-order valence-corrected chi connectivity index (χ4v) is 3.20. The van der Waals surface area contributed by atoms with Crippen molar-refractivity contribution in [1.29, 1.82) is 0 Å². The Balaban J connectivity index is 0.00000114. The highest BCUT2D eigenvalue weighted by molar-refractivity contribution is 7.28. The van der Waals surface area contributed by atoms with Gasteiger partial charge < -0.3 is 20.3 Å². The summed E-state index contributed by atoms with van der Waals surface area (Å²) < 4.78 is 12.4. The normalized spacial score (nSPS) is 10.7. The maximum absolute atomic E-state index is 11.9. The second kappa shape index (κ2) is 15.0. The smallest absolute Gasteiger partial charge is 0.341 e. The fourth-order valence-electron chi connectivity index (χ4n) is 2.69. The number of hydrogen-bond acceptors (Lipinski definition) is 8. The largest absolute Gasteiger partial charge is 0.507 e. The molecule has 0 radical (unpaired) electrons. The monoisotopic (exact) mass is 521 g/mol. The molecular formula is C24H33ClN5O4P. The lowest BCUT2D eigenvalue weighted by Gasteiger charge is -2.22. The van der Waals surface area contributed by atoms with Crippen LogP contribution in [-0.2, 0) is 4.74 Å². The highest BCUT2D eigenvalue weighted by Gasteiger charge is 2.22. The summed E-state index contributed by atoms with van der Waals surface area (Å²) in [6, 6.07) is 4.81. The number of phenolic OH excluding ortho intramolecular Hbond substituents is 1. The molecule has 35 heavy (non-hydrogen) atoms. The topological polar surface area (TPSA) is 125 Å². The van der Waals surface area contributed by atoms with Crippen molar-refractivity contribution in [3.63, 3.8) is 0 Å². The molecular weight excluding hydrogens is 489 g/mol. The van der Waals surface area contributed by atoms with Gasteiger partial charge in [0.1, 0.15) is 5.75 Å². The van der Waals surface area contributed by atoms with Crippen molar-refractivity contribution in [1.82, 2.24) is 20.1 Å². The van der Waals surface area contributed by atoms with Crippen molar-refractivity contribution in [3.8, 4) is 17.2 Å². The molecule has 190 valence electrons. The number of allylic oxidation sites excluding steroid dienone is 1. The number of benzene rings is 1. The van der Waals surface area contributed by atoms with E-state index in [1.165, 1.54) is 29.3 Å². The van der Waals surface area contributed by atoms with Crippen LogP contribution >= 0.6 is 20.8 Å². The van der Waals surface area contributed by atoms with Crippen LogP contribution in [0.25, 0.3) is 5.69 Å². The van der Waals surface area contributed by atoms with Crippen molar-refractivity contribution in [3.05, 3.63) is 65.6 Å². The lowest BCUT2D eigenvalue weighted by molar-refractivity contribution is 0.0526. The number of carbonyl (C=O) groups excluding carboxylic acids is 1. The van der Waals surface area contributed by atoms with Gasteiger partial charge in [0.25, 0.3) is 0 Å². The average molecular weight is 522 g/mol. The van der Waals surface area contributed by atoms with E-state index in [0.29, 0.717) is 27.1 Å². The van der Waals surface area contributed by atoms with Gasteiger partial charge >= 0.3 is 5.97 Å². The van der Waals surface area contributed by atoms with E-state index in [9.17, 15) is 9.90 Å². The van der Waals surface area contributed by atoms with E-state index in [4.69, 9.17) is 26.8 Å². The molecule has 9 nitrogen and oxygen atoms in total. The minimum Gasteiger partial charge on any atom is -0.507 e. The second-order valence-corrected chi connectivity index (χ2v) is 7.57. The molecule has 0 aliphatic carbocycles. The number of esters is 1. The molecule has 2 aromatic heterocycles. The number of anilines is 1. The Bertz CT molecular complexity index is 1120. The van der Waals surface area contributed by atoms with Gasteiger partial charge in [0.15, 0.2) is 17.8 Å². The molecule has 3 rings (SSSR count). The van der Waals surface area contributed by atoms with Crippen molar-refractivity contribution < 1.29 is 19.4 Å². The summed E-state index contributed by atoms with van der Waals surface area (Å²) in [6.45, 7) is 11.2. The molecule has 0 bridgehead atoms. The SMILES string of the molecule is C=CC.CC.CCOC(=O)c1cnn(-c2cnc(N)c(OC(NC)c3c(O)ccc(P)c3Cl)c2)c1. The Morgan fingerprint density at radius 3 is 2.66 bits per heavy atom. The average Bonchev–Trinajstić information content (AvgIpc) is 3.35. The van der Waals surface area contributed by atoms with Gasteiger partial charge in [-0.15, -0.1) is 15.8 Å². The highest BCUT2D eigenvalue weighted by atomic mass is 35.5. The molecule has 3 aromatic rings. The number of phenols is 1. The van der Waals surface area contributed by atoms with Crippen molar-refractivity contribution in [2.45, 2.75) is 33.9 Å². The third-order valence-corrected chi connectivity index (χ3v) is 5.27. The Labute approximate surface area is 213 Å². The molecule has 2 unspecified atom stereocenters. The van der Waals surface area contributed by atoms with Crippen molar-refractivity contribution >= 4 is 37.9 Å². The molecule has 4 N–H and O–H groups in total. The number of rotatable bonds is 7. The maximum atomic E-state index is 11.9. The number of nitrogen functional groups attached to an aromatic ring is 1. The summed E-state index contributed by atoms with van der Waals surface area (Å²) in [6.07, 6.45) is 5.36. The number of aromatic hydroxyl groups is 1. The number of nitrogens with two attached hydrogens (primary N) is 1. The quantitative estimate of drug-likeness (QED) is 0.181. The summed E-state index contributed by atoms with van der Waals surface area (Å²) >= 11 is 6.36. The van der Waals surface area contributed by atoms with Gasteiger partial charge in [0.2, 0.25) is 0 Å². The zero-order chi connectivity index (χ0) is 26.5. The molecule has 0 fully saturated rings. The molecule has 0 aliphatic rings. The Morgan fingerprint density at radius 2 is 2.06 bits per heavy atom. The number of hydrogen-bond donors (Lipinski definition) is 3. The summed E-state index contributed by atoms with van der Waals surface area (Å²) in [7, 11) is 4.15. The number of aromatic nitrogens is 3. The number of nitrogens with one attached hydrogen (secondary N) is 1. The third kappa shape index (κ3) is 7.96. The van der Waals surface area contributed by atoms with E-state index in [1.54, 1.807) is 32.2 Å². The molecule has 0 spiro atoms. The first kappa shape index (κ1) is 29.9. The zero-order valence-corrected chi connectivity index (χ0v) is 22.5. The van der Waals surface area contributed by atoms with Gasteiger partial charge in [-0.05, 0) is 38.3 Å². The van der Waals surface area contributed by atoms with Crippen LogP contribution < -0.4 is 21.1 Å². The summed E-state index contributed by atoms with van der Waals surface area (Å²) in [5.41, 5.74) is 7.16. The Hall–Kier alpha value is -3.13. The van der Waals surface area contributed by atoms with Crippen LogP contribution in [0, 0.1) is 0 Å². The molecule has 0 aliphatic heterocycles. The third-order valence-electron chi connectivity index (χ3n) is 4.18. The van der Waals surface area contributed by atoms with E-state index >= 15 is 0 Å². The molecule has 1 aromatic carbocycles. The van der Waals surface area contributed by atoms with E-state index in [0.717, 1.165) is 0 Å². The van der Waals surface area contributed by atoms with Gasteiger partial charge in [-0.1, -0.05) is 31.5 Å². The molecule has 2 heterocycles. The van der Waals surface area contributed by atoms with E-state index in [1.807, 2.05) is 20.8 Å². The second-order valence-electron chi connectivity index (χ2n) is 6.57. The van der Waals surface area contributed by atoms with Gasteiger partial charge in [0.05, 0.1) is 40.8 Å². The first-order valence-electron chi connectivity index (χ1n) is 10.9. The van der Waals surface area contributed by atoms with Crippen molar-refractivity contribution in [2.24, 2.45) is 0 Å². The van der Waals surface area contributed by atoms with Gasteiger partial charge in [-0.2, -0.15) is 5.10 Å². The number of pyridine rings is 1. The lowest BCUT2D eigenvalue weighted by Crippen LogP contribution is -2.24. The van der Waals surface area contributed by atoms with E-state index < -0.39 is 12.2 Å². The van der Waals surface area contributed by atoms with Crippen LogP contribution in [0.4, 0.5) is 5.82 Å². The standard InChI is InChI=1S/C19H21ClN5O4P.C3H6.C2H6/c1-3-28-19(27)10-7-24-25(9-10)11-6-13(17(21)23-8-11)29-18(22-2)15-12(26)4-5-14(30)16(15)20;1-3-2;1-2/h4-9,18,22,26H,3,30H2,1-2H3,(H2,21,23);3H,1H2,2H3;1-2H3. The number of halogens is 1. The van der Waals surface area contributed by atoms with Crippen LogP contribution in [0.5, 0.6) is 11.5 Å². The van der Waals surface area contributed by atoms with Crippen LogP contribution in [0.2, 0.25) is 5.02 Å². The van der Waals surface area contributed by atoms with Crippen LogP contribution in [0.1, 0.15) is 49.8 Å². The Morgan fingerprint density at radius 1 is 1.40 bits per heavy atom. The number of carbonyl (C=O) groups is 1. The molecule has 0 saturated carbocycles. The highest BCUT2D eigenvalue weighted by Crippen LogP contribution is 2.34. The minimum atomic E-state index is -0.801. The predicted molar refractivity (Wildman–Crippen MR) is 144 cm³/mol. The van der Waals surface area contributed by atoms with Crippen molar-refractivity contribution in [2.75, 3.05) is 19.4 Å². The van der Waals surface area contributed by atoms with Crippen LogP contribution in [0.3, 0.4) is 0 Å². The predicted octanol–water partition coefficient (Wildman–Crippen LogP) is 4.40. The van der Waals surface area contributed by atoms with E-state index in [2.05, 4.69) is 31.2 Å². The van der Waals surface area contributed by atoms with E-state index in [-0.39, 0.29) is 23.9 Å². The lowest BCUT2D eigenvalue weighted by atomic mass is 10.1. The summed E-state index contributed by atoms with van der Waals surface area (Å²) in [4.78, 5) is 16.0. The molecule has 11 heteroatoms. The van der Waals surface area contributed by atoms with Gasteiger partial charge in [-0.25, -0.2) is 14.5 Å². The number of ether oxygens (including phenoxy) is 2. The maximum Gasteiger partial charge on any atom is 0.341 e. The van der Waals surface area contributed by atoms with Gasteiger partial charge in [0, 0.05) is 12.3 Å². The molecule has 0 saturated heterocycles. The molecule has 0 amide bonds. The fraction of sp³-hybridized carbons (Fsp3) is 0.292. The first-order chi connectivity index (χ1) is 16.8. The summed E-state index contributed by atoms with van der Waals surface area (Å²) in [5, 5.41) is 18.4. The number of nitrogens with zero attached hydrogens (tertiary/aromatic N) is 3. The minimum absolute atomic E-state index is 0.0283. The molecule has 2 atom stereocenters. The van der Waals surface area contributed by atoms with Crippen LogP contribution in [0.15, 0.2) is 49.4 Å². The van der Waals surface area contributed by atoms with Gasteiger partial charge in [-0.3, -0.25) is 5.32 Å². The summed E-state index contributed by atoms with van der Waals surface area (Å²) in [5.74, 6) is -0.125. The van der Waals surface area contributed by atoms with Crippen LogP contribution in [-0.4, -0.2) is 39.5 Å². The zero-order valence-electron chi connectivity index (χ0n) is 20.6. The first-order valence-corrected chi connectivity index (χ1v) is 11.9.